The molecular formula is C7H7NO5. The van der Waals surface area contributed by atoms with Crippen molar-refractivity contribution in [2.75, 3.05) is 13.2 Å². The maximum absolute atomic E-state index is 10.9. The number of carboxylic acid groups (broad SMARTS) is 1. The van der Waals surface area contributed by atoms with Crippen LogP contribution in [0.4, 0.5) is 4.79 Å². The molecule has 1 aliphatic heterocycles. The van der Waals surface area contributed by atoms with Crippen LogP contribution in [0.2, 0.25) is 0 Å². The average Bonchev–Trinajstić information content (AvgIpc) is 2.34. The smallest absolute Gasteiger partial charge is 0.450 e. The lowest BCUT2D eigenvalue weighted by molar-refractivity contribution is -0.137. The fourth-order valence-corrected chi connectivity index (χ4v) is 0.876. The van der Waals surface area contributed by atoms with Crippen LogP contribution in [0.15, 0.2) is 12.2 Å². The van der Waals surface area contributed by atoms with Gasteiger partial charge >= 0.3 is 6.16 Å². The van der Waals surface area contributed by atoms with Gasteiger partial charge in [0.2, 0.25) is 0 Å². The Balaban J connectivity index is 2.34. The molecule has 0 saturated carbocycles. The van der Waals surface area contributed by atoms with Crippen LogP contribution in [0.25, 0.3) is 0 Å². The van der Waals surface area contributed by atoms with Crippen LogP contribution in [-0.4, -0.2) is 41.1 Å². The number of hydrogen-bond donors (Lipinski definition) is 1. The molecule has 1 N–H and O–H groups in total. The zero-order valence-corrected chi connectivity index (χ0v) is 6.60. The van der Waals surface area contributed by atoms with Gasteiger partial charge in [-0.3, -0.25) is 14.5 Å². The van der Waals surface area contributed by atoms with Gasteiger partial charge < -0.3 is 9.84 Å². The minimum atomic E-state index is -1.42. The molecule has 6 heteroatoms. The molecule has 0 aliphatic carbocycles. The normalized spacial score (nSPS) is 15.2. The number of amides is 2. The summed E-state index contributed by atoms with van der Waals surface area (Å²) in [5, 5.41) is 8.09. The van der Waals surface area contributed by atoms with Crippen LogP contribution in [0.3, 0.4) is 0 Å². The van der Waals surface area contributed by atoms with E-state index in [0.717, 1.165) is 17.1 Å². The van der Waals surface area contributed by atoms with Crippen molar-refractivity contribution in [3.8, 4) is 0 Å². The fourth-order valence-electron chi connectivity index (χ4n) is 0.876. The third-order valence-corrected chi connectivity index (χ3v) is 1.44. The van der Waals surface area contributed by atoms with E-state index in [1.165, 1.54) is 0 Å². The van der Waals surface area contributed by atoms with Gasteiger partial charge in [-0.15, -0.1) is 0 Å². The summed E-state index contributed by atoms with van der Waals surface area (Å²) in [7, 11) is 0. The standard InChI is InChI=1S/C7H7NO5/c9-5-1-2-6(10)8(5)3-4-13-7(11)12/h1-2H,3-4H2,(H,11,12). The summed E-state index contributed by atoms with van der Waals surface area (Å²) < 4.78 is 4.14. The number of rotatable bonds is 3. The highest BCUT2D eigenvalue weighted by Gasteiger charge is 2.22. The molecule has 0 spiro atoms. The number of ether oxygens (including phenoxy) is 1. The van der Waals surface area contributed by atoms with E-state index in [1.807, 2.05) is 0 Å². The monoisotopic (exact) mass is 185 g/mol. The molecule has 2 amide bonds. The fraction of sp³-hybridized carbons (Fsp3) is 0.286. The van der Waals surface area contributed by atoms with E-state index in [0.29, 0.717) is 0 Å². The molecule has 6 nitrogen and oxygen atoms in total. The molecule has 0 atom stereocenters. The lowest BCUT2D eigenvalue weighted by atomic mass is 10.5. The van der Waals surface area contributed by atoms with Gasteiger partial charge in [-0.2, -0.15) is 0 Å². The number of imide groups is 1. The summed E-state index contributed by atoms with van der Waals surface area (Å²) in [4.78, 5) is 32.6. The van der Waals surface area contributed by atoms with Crippen LogP contribution in [0.1, 0.15) is 0 Å². The van der Waals surface area contributed by atoms with Gasteiger partial charge in [0, 0.05) is 12.2 Å². The summed E-state index contributed by atoms with van der Waals surface area (Å²) in [6.07, 6.45) is 0.832. The molecule has 0 aromatic heterocycles. The van der Waals surface area contributed by atoms with Gasteiger partial charge in [-0.1, -0.05) is 0 Å². The molecule has 1 heterocycles. The molecule has 1 aliphatic rings. The van der Waals surface area contributed by atoms with E-state index < -0.39 is 18.0 Å². The van der Waals surface area contributed by atoms with Crippen molar-refractivity contribution in [3.05, 3.63) is 12.2 Å². The van der Waals surface area contributed by atoms with Crippen LogP contribution in [0.5, 0.6) is 0 Å². The molecular weight excluding hydrogens is 178 g/mol. The molecule has 0 aromatic carbocycles. The molecule has 0 unspecified atom stereocenters. The third kappa shape index (κ3) is 2.29. The Labute approximate surface area is 73.4 Å². The Morgan fingerprint density at radius 3 is 2.38 bits per heavy atom. The topological polar surface area (TPSA) is 83.9 Å². The van der Waals surface area contributed by atoms with Crippen molar-refractivity contribution < 1.29 is 24.2 Å². The highest BCUT2D eigenvalue weighted by Crippen LogP contribution is 2.02. The molecule has 0 saturated heterocycles. The molecule has 0 radical (unpaired) electrons. The number of nitrogens with zero attached hydrogens (tertiary/aromatic N) is 1. The molecule has 1 rings (SSSR count). The maximum atomic E-state index is 10.9. The second kappa shape index (κ2) is 3.70. The summed E-state index contributed by atoms with van der Waals surface area (Å²) in [6.45, 7) is -0.245. The van der Waals surface area contributed by atoms with E-state index in [2.05, 4.69) is 4.74 Å². The summed E-state index contributed by atoms with van der Waals surface area (Å²) >= 11 is 0. The van der Waals surface area contributed by atoms with Crippen molar-refractivity contribution >= 4 is 18.0 Å². The van der Waals surface area contributed by atoms with Gasteiger partial charge in [0.05, 0.1) is 6.54 Å². The minimum Gasteiger partial charge on any atom is -0.450 e. The largest absolute Gasteiger partial charge is 0.505 e. The van der Waals surface area contributed by atoms with E-state index >= 15 is 0 Å². The van der Waals surface area contributed by atoms with Crippen LogP contribution >= 0.6 is 0 Å². The predicted octanol–water partition coefficient (Wildman–Crippen LogP) is -0.394. The second-order valence-corrected chi connectivity index (χ2v) is 2.28. The Kier molecular flexibility index (Phi) is 2.63. The predicted molar refractivity (Wildman–Crippen MR) is 39.8 cm³/mol. The van der Waals surface area contributed by atoms with Gasteiger partial charge in [0.1, 0.15) is 6.61 Å². The zero-order chi connectivity index (χ0) is 9.84. The minimum absolute atomic E-state index is 0.0447. The van der Waals surface area contributed by atoms with Crippen LogP contribution in [-0.2, 0) is 14.3 Å². The van der Waals surface area contributed by atoms with Gasteiger partial charge in [-0.25, -0.2) is 4.79 Å². The van der Waals surface area contributed by atoms with Crippen molar-refractivity contribution in [1.82, 2.24) is 4.90 Å². The summed E-state index contributed by atoms with van der Waals surface area (Å²) in [5.41, 5.74) is 0. The zero-order valence-electron chi connectivity index (χ0n) is 6.60. The van der Waals surface area contributed by atoms with Crippen molar-refractivity contribution in [1.29, 1.82) is 0 Å². The summed E-state index contributed by atoms with van der Waals surface area (Å²) in [5.74, 6) is -0.891. The Hall–Kier alpha value is -1.85. The Bertz CT molecular complexity index is 265. The van der Waals surface area contributed by atoms with Crippen LogP contribution < -0.4 is 0 Å². The van der Waals surface area contributed by atoms with Gasteiger partial charge in [0.25, 0.3) is 11.8 Å². The first-order valence-electron chi connectivity index (χ1n) is 3.50. The highest BCUT2D eigenvalue weighted by molar-refractivity contribution is 6.12. The van der Waals surface area contributed by atoms with Gasteiger partial charge in [0.15, 0.2) is 0 Å². The lowest BCUT2D eigenvalue weighted by Gasteiger charge is -2.12. The number of hydrogen-bond acceptors (Lipinski definition) is 4. The lowest BCUT2D eigenvalue weighted by Crippen LogP contribution is -2.33. The molecule has 0 fully saturated rings. The maximum Gasteiger partial charge on any atom is 0.505 e. The quantitative estimate of drug-likeness (QED) is 0.478. The van der Waals surface area contributed by atoms with E-state index in [1.54, 1.807) is 0 Å². The molecule has 0 aromatic rings. The first-order chi connectivity index (χ1) is 6.11. The van der Waals surface area contributed by atoms with E-state index in [4.69, 9.17) is 5.11 Å². The van der Waals surface area contributed by atoms with Crippen molar-refractivity contribution in [2.24, 2.45) is 0 Å². The first-order valence-corrected chi connectivity index (χ1v) is 3.50. The average molecular weight is 185 g/mol. The van der Waals surface area contributed by atoms with Crippen LogP contribution in [0, 0.1) is 0 Å². The number of carbonyl (C=O) groups excluding carboxylic acids is 2. The molecule has 70 valence electrons. The SMILES string of the molecule is O=C(O)OCCN1C(=O)C=CC1=O. The van der Waals surface area contributed by atoms with E-state index in [-0.39, 0.29) is 13.2 Å². The van der Waals surface area contributed by atoms with Crippen molar-refractivity contribution in [2.45, 2.75) is 0 Å². The van der Waals surface area contributed by atoms with Gasteiger partial charge in [-0.05, 0) is 0 Å². The Morgan fingerprint density at radius 1 is 1.38 bits per heavy atom. The summed E-state index contributed by atoms with van der Waals surface area (Å²) in [6, 6.07) is 0. The van der Waals surface area contributed by atoms with E-state index in [9.17, 15) is 14.4 Å². The third-order valence-electron chi connectivity index (χ3n) is 1.44. The number of carbonyl (C=O) groups is 3. The highest BCUT2D eigenvalue weighted by atomic mass is 16.7. The first kappa shape index (κ1) is 9.24. The molecule has 0 bridgehead atoms. The Morgan fingerprint density at radius 2 is 1.92 bits per heavy atom. The van der Waals surface area contributed by atoms with Crippen molar-refractivity contribution in [3.63, 3.8) is 0 Å². The molecule has 13 heavy (non-hydrogen) atoms. The second-order valence-electron chi connectivity index (χ2n) is 2.28.